The van der Waals surface area contributed by atoms with Crippen molar-refractivity contribution in [1.82, 2.24) is 5.32 Å². The van der Waals surface area contributed by atoms with E-state index in [9.17, 15) is 4.79 Å². The maximum absolute atomic E-state index is 11.9. The Labute approximate surface area is 109 Å². The van der Waals surface area contributed by atoms with Crippen molar-refractivity contribution in [2.24, 2.45) is 0 Å². The molecule has 0 saturated heterocycles. The standard InChI is InChI=1S/C15H21NO2/c1-3-13-12(15(17)18-4-2)10-11-8-6-5-7-9-14(11)16-13/h3,10,16H,4-9H2,1-2H3. The summed E-state index contributed by atoms with van der Waals surface area (Å²) >= 11 is 0. The summed E-state index contributed by atoms with van der Waals surface area (Å²) in [6.07, 6.45) is 9.80. The maximum Gasteiger partial charge on any atom is 0.340 e. The van der Waals surface area contributed by atoms with Gasteiger partial charge in [0.2, 0.25) is 0 Å². The van der Waals surface area contributed by atoms with Gasteiger partial charge in [0.25, 0.3) is 0 Å². The van der Waals surface area contributed by atoms with Gasteiger partial charge in [-0.2, -0.15) is 0 Å². The van der Waals surface area contributed by atoms with E-state index in [1.165, 1.54) is 30.5 Å². The average molecular weight is 247 g/mol. The zero-order valence-corrected chi connectivity index (χ0v) is 11.2. The number of esters is 1. The molecule has 3 heteroatoms. The molecule has 1 aliphatic heterocycles. The van der Waals surface area contributed by atoms with Crippen LogP contribution in [0.5, 0.6) is 0 Å². The van der Waals surface area contributed by atoms with E-state index >= 15 is 0 Å². The summed E-state index contributed by atoms with van der Waals surface area (Å²) in [7, 11) is 0. The van der Waals surface area contributed by atoms with Crippen LogP contribution in [0.25, 0.3) is 0 Å². The second-order valence-corrected chi connectivity index (χ2v) is 4.67. The molecular weight excluding hydrogens is 226 g/mol. The fraction of sp³-hybridized carbons (Fsp3) is 0.533. The van der Waals surface area contributed by atoms with Crippen molar-refractivity contribution in [3.8, 4) is 0 Å². The number of carbonyl (C=O) groups excluding carboxylic acids is 1. The van der Waals surface area contributed by atoms with Crippen molar-refractivity contribution in [2.75, 3.05) is 6.61 Å². The predicted octanol–water partition coefficient (Wildman–Crippen LogP) is 3.20. The van der Waals surface area contributed by atoms with E-state index in [1.807, 2.05) is 26.0 Å². The Kier molecular flexibility index (Phi) is 4.24. The third-order valence-electron chi connectivity index (χ3n) is 3.44. The molecule has 1 aliphatic carbocycles. The second kappa shape index (κ2) is 5.89. The van der Waals surface area contributed by atoms with E-state index in [2.05, 4.69) is 5.32 Å². The summed E-state index contributed by atoms with van der Waals surface area (Å²) in [6, 6.07) is 0. The van der Waals surface area contributed by atoms with Crippen LogP contribution in [0.3, 0.4) is 0 Å². The molecule has 0 radical (unpaired) electrons. The number of nitrogens with one attached hydrogen (secondary N) is 1. The Bertz CT molecular complexity index is 430. The van der Waals surface area contributed by atoms with Gasteiger partial charge in [0.15, 0.2) is 0 Å². The van der Waals surface area contributed by atoms with E-state index in [1.54, 1.807) is 0 Å². The number of dihydropyridines is 1. The molecule has 2 rings (SSSR count). The molecule has 0 spiro atoms. The summed E-state index contributed by atoms with van der Waals surface area (Å²) in [5.41, 5.74) is 4.11. The zero-order valence-electron chi connectivity index (χ0n) is 11.2. The van der Waals surface area contributed by atoms with Crippen molar-refractivity contribution >= 4 is 5.97 Å². The lowest BCUT2D eigenvalue weighted by Gasteiger charge is -2.22. The molecule has 2 aliphatic rings. The molecule has 0 saturated carbocycles. The first kappa shape index (κ1) is 12.9. The maximum atomic E-state index is 11.9. The highest BCUT2D eigenvalue weighted by molar-refractivity contribution is 5.94. The monoisotopic (exact) mass is 247 g/mol. The normalized spacial score (nSPS) is 21.9. The largest absolute Gasteiger partial charge is 0.462 e. The third kappa shape index (κ3) is 2.66. The first-order valence-electron chi connectivity index (χ1n) is 6.80. The van der Waals surface area contributed by atoms with Gasteiger partial charge in [-0.15, -0.1) is 0 Å². The lowest BCUT2D eigenvalue weighted by atomic mass is 9.98. The third-order valence-corrected chi connectivity index (χ3v) is 3.44. The van der Waals surface area contributed by atoms with Gasteiger partial charge in [-0.3, -0.25) is 0 Å². The molecular formula is C15H21NO2. The minimum atomic E-state index is -0.228. The van der Waals surface area contributed by atoms with Crippen LogP contribution in [0, 0.1) is 0 Å². The average Bonchev–Trinajstić information content (AvgIpc) is 2.61. The van der Waals surface area contributed by atoms with Crippen LogP contribution < -0.4 is 5.32 Å². The Morgan fingerprint density at radius 1 is 1.39 bits per heavy atom. The van der Waals surface area contributed by atoms with Crippen LogP contribution in [-0.2, 0) is 9.53 Å². The number of hydrogen-bond donors (Lipinski definition) is 1. The van der Waals surface area contributed by atoms with Crippen molar-refractivity contribution in [2.45, 2.75) is 46.0 Å². The fourth-order valence-corrected chi connectivity index (χ4v) is 2.49. The SMILES string of the molecule is CC=C1NC2=C(C=C1C(=O)OCC)CCCCC2. The molecule has 0 atom stereocenters. The quantitative estimate of drug-likeness (QED) is 0.761. The Hall–Kier alpha value is -1.51. The summed E-state index contributed by atoms with van der Waals surface area (Å²) in [5.74, 6) is -0.228. The Morgan fingerprint density at radius 2 is 2.17 bits per heavy atom. The van der Waals surface area contributed by atoms with Crippen LogP contribution in [0.1, 0.15) is 46.0 Å². The summed E-state index contributed by atoms with van der Waals surface area (Å²) in [6.45, 7) is 4.19. The molecule has 3 nitrogen and oxygen atoms in total. The summed E-state index contributed by atoms with van der Waals surface area (Å²) < 4.78 is 5.11. The summed E-state index contributed by atoms with van der Waals surface area (Å²) in [5, 5.41) is 3.41. The number of carbonyl (C=O) groups is 1. The zero-order chi connectivity index (χ0) is 13.0. The molecule has 0 fully saturated rings. The van der Waals surface area contributed by atoms with Gasteiger partial charge in [0.1, 0.15) is 0 Å². The minimum absolute atomic E-state index is 0.228. The van der Waals surface area contributed by atoms with Crippen molar-refractivity contribution < 1.29 is 9.53 Å². The topological polar surface area (TPSA) is 38.3 Å². The van der Waals surface area contributed by atoms with Crippen molar-refractivity contribution in [3.63, 3.8) is 0 Å². The molecule has 0 amide bonds. The van der Waals surface area contributed by atoms with E-state index in [0.717, 1.165) is 18.5 Å². The first-order chi connectivity index (χ1) is 8.76. The smallest absolute Gasteiger partial charge is 0.340 e. The molecule has 18 heavy (non-hydrogen) atoms. The number of ether oxygens (including phenoxy) is 1. The van der Waals surface area contributed by atoms with Crippen LogP contribution >= 0.6 is 0 Å². The Morgan fingerprint density at radius 3 is 2.89 bits per heavy atom. The van der Waals surface area contributed by atoms with Crippen LogP contribution in [0.15, 0.2) is 34.7 Å². The minimum Gasteiger partial charge on any atom is -0.462 e. The van der Waals surface area contributed by atoms with Crippen LogP contribution in [0.2, 0.25) is 0 Å². The molecule has 1 heterocycles. The number of allylic oxidation sites excluding steroid dienone is 4. The van der Waals surface area contributed by atoms with Gasteiger partial charge in [-0.1, -0.05) is 12.5 Å². The number of rotatable bonds is 2. The molecule has 0 unspecified atom stereocenters. The number of hydrogen-bond acceptors (Lipinski definition) is 3. The van der Waals surface area contributed by atoms with Crippen molar-refractivity contribution in [1.29, 1.82) is 0 Å². The van der Waals surface area contributed by atoms with Gasteiger partial charge in [0.05, 0.1) is 12.2 Å². The molecule has 0 aromatic heterocycles. The molecule has 0 aromatic rings. The Balaban J connectivity index is 2.30. The second-order valence-electron chi connectivity index (χ2n) is 4.67. The fourth-order valence-electron chi connectivity index (χ4n) is 2.49. The van der Waals surface area contributed by atoms with Gasteiger partial charge in [-0.05, 0) is 51.2 Å². The molecule has 0 aromatic carbocycles. The van der Waals surface area contributed by atoms with E-state index in [4.69, 9.17) is 4.74 Å². The van der Waals surface area contributed by atoms with Gasteiger partial charge in [-0.25, -0.2) is 4.79 Å². The lowest BCUT2D eigenvalue weighted by Crippen LogP contribution is -2.24. The highest BCUT2D eigenvalue weighted by Gasteiger charge is 2.23. The van der Waals surface area contributed by atoms with E-state index in [-0.39, 0.29) is 5.97 Å². The van der Waals surface area contributed by atoms with E-state index < -0.39 is 0 Å². The highest BCUT2D eigenvalue weighted by atomic mass is 16.5. The van der Waals surface area contributed by atoms with E-state index in [0.29, 0.717) is 12.2 Å². The first-order valence-corrected chi connectivity index (χ1v) is 6.80. The molecule has 98 valence electrons. The van der Waals surface area contributed by atoms with Crippen LogP contribution in [-0.4, -0.2) is 12.6 Å². The van der Waals surface area contributed by atoms with Gasteiger partial charge >= 0.3 is 5.97 Å². The highest BCUT2D eigenvalue weighted by Crippen LogP contribution is 2.30. The van der Waals surface area contributed by atoms with Crippen molar-refractivity contribution in [3.05, 3.63) is 34.7 Å². The molecule has 0 bridgehead atoms. The van der Waals surface area contributed by atoms with Crippen LogP contribution in [0.4, 0.5) is 0 Å². The molecule has 1 N–H and O–H groups in total. The predicted molar refractivity (Wildman–Crippen MR) is 71.7 cm³/mol. The van der Waals surface area contributed by atoms with Gasteiger partial charge in [0, 0.05) is 11.4 Å². The van der Waals surface area contributed by atoms with Gasteiger partial charge < -0.3 is 10.1 Å². The summed E-state index contributed by atoms with van der Waals surface area (Å²) in [4.78, 5) is 11.9. The lowest BCUT2D eigenvalue weighted by molar-refractivity contribution is -0.138.